The fourth-order valence-electron chi connectivity index (χ4n) is 3.81. The Morgan fingerprint density at radius 3 is 2.62 bits per heavy atom. The van der Waals surface area contributed by atoms with Gasteiger partial charge in [-0.2, -0.15) is 0 Å². The average Bonchev–Trinajstić information content (AvgIpc) is 3.20. The number of aliphatic hydroxyl groups is 1. The lowest BCUT2D eigenvalue weighted by atomic mass is 9.95. The van der Waals surface area contributed by atoms with Crippen molar-refractivity contribution < 1.29 is 9.90 Å². The van der Waals surface area contributed by atoms with Crippen molar-refractivity contribution in [1.82, 2.24) is 19.9 Å². The van der Waals surface area contributed by atoms with Gasteiger partial charge in [0, 0.05) is 36.6 Å². The van der Waals surface area contributed by atoms with Crippen LogP contribution in [0.4, 0.5) is 0 Å². The molecular weight excluding hydrogens is 364 g/mol. The third kappa shape index (κ3) is 4.22. The van der Waals surface area contributed by atoms with Crippen LogP contribution in [0.1, 0.15) is 59.2 Å². The van der Waals surface area contributed by atoms with E-state index in [2.05, 4.69) is 15.0 Å². The summed E-state index contributed by atoms with van der Waals surface area (Å²) in [6, 6.07) is 11.4. The monoisotopic (exact) mass is 390 g/mol. The number of carbonyl (C=O) groups is 1. The number of carbonyl (C=O) groups excluding carboxylic acids is 1. The van der Waals surface area contributed by atoms with Gasteiger partial charge in [0.25, 0.3) is 5.91 Å². The highest BCUT2D eigenvalue weighted by atomic mass is 16.3. The molecule has 3 heterocycles. The number of nitrogens with one attached hydrogen (secondary N) is 1. The lowest BCUT2D eigenvalue weighted by Gasteiger charge is -2.35. The molecule has 3 aromatic rings. The van der Waals surface area contributed by atoms with Crippen LogP contribution in [0.25, 0.3) is 0 Å². The SMILES string of the molecule is CC(C)(O)CCc1ccc(C(=O)N2CCc3[nH]cnc3[C@H]2c2ccncc2)cc1. The second kappa shape index (κ2) is 7.79. The Morgan fingerprint density at radius 2 is 1.93 bits per heavy atom. The van der Waals surface area contributed by atoms with E-state index >= 15 is 0 Å². The van der Waals surface area contributed by atoms with Gasteiger partial charge in [0.05, 0.1) is 17.6 Å². The first-order valence-electron chi connectivity index (χ1n) is 9.97. The normalized spacial score (nSPS) is 16.5. The third-order valence-corrected chi connectivity index (χ3v) is 5.43. The minimum Gasteiger partial charge on any atom is -0.390 e. The van der Waals surface area contributed by atoms with Crippen LogP contribution in [0.2, 0.25) is 0 Å². The highest BCUT2D eigenvalue weighted by Crippen LogP contribution is 2.34. The molecule has 6 heteroatoms. The summed E-state index contributed by atoms with van der Waals surface area (Å²) < 4.78 is 0. The molecule has 0 aliphatic carbocycles. The van der Waals surface area contributed by atoms with Crippen molar-refractivity contribution in [2.24, 2.45) is 0 Å². The van der Waals surface area contributed by atoms with Crippen LogP contribution < -0.4 is 0 Å². The molecule has 0 unspecified atom stereocenters. The van der Waals surface area contributed by atoms with Gasteiger partial charge < -0.3 is 15.0 Å². The van der Waals surface area contributed by atoms with E-state index in [1.165, 1.54) is 0 Å². The van der Waals surface area contributed by atoms with Crippen LogP contribution in [-0.4, -0.2) is 43.0 Å². The van der Waals surface area contributed by atoms with Gasteiger partial charge in [-0.05, 0) is 62.1 Å². The molecule has 1 aliphatic heterocycles. The molecule has 0 saturated heterocycles. The first-order valence-corrected chi connectivity index (χ1v) is 9.97. The predicted molar refractivity (Wildman–Crippen MR) is 110 cm³/mol. The Kier molecular flexibility index (Phi) is 5.20. The Labute approximate surface area is 170 Å². The number of imidazole rings is 1. The molecule has 1 aromatic carbocycles. The number of aryl methyl sites for hydroxylation is 1. The molecule has 0 radical (unpaired) electrons. The minimum absolute atomic E-state index is 0.00509. The molecule has 0 fully saturated rings. The quantitative estimate of drug-likeness (QED) is 0.700. The van der Waals surface area contributed by atoms with Gasteiger partial charge in [-0.1, -0.05) is 12.1 Å². The van der Waals surface area contributed by atoms with E-state index in [0.29, 0.717) is 18.5 Å². The molecule has 2 aromatic heterocycles. The minimum atomic E-state index is -0.693. The second-order valence-corrected chi connectivity index (χ2v) is 8.21. The van der Waals surface area contributed by atoms with Crippen LogP contribution in [-0.2, 0) is 12.8 Å². The summed E-state index contributed by atoms with van der Waals surface area (Å²) in [6.07, 6.45) is 7.40. The molecule has 1 aliphatic rings. The molecule has 29 heavy (non-hydrogen) atoms. The van der Waals surface area contributed by atoms with E-state index in [-0.39, 0.29) is 11.9 Å². The zero-order valence-corrected chi connectivity index (χ0v) is 16.8. The van der Waals surface area contributed by atoms with E-state index in [9.17, 15) is 9.90 Å². The van der Waals surface area contributed by atoms with Crippen molar-refractivity contribution >= 4 is 5.91 Å². The topological polar surface area (TPSA) is 82.1 Å². The molecule has 2 N–H and O–H groups in total. The molecule has 1 amide bonds. The smallest absolute Gasteiger partial charge is 0.254 e. The van der Waals surface area contributed by atoms with Gasteiger partial charge in [0.2, 0.25) is 0 Å². The number of fused-ring (bicyclic) bond motifs is 1. The van der Waals surface area contributed by atoms with Crippen LogP contribution >= 0.6 is 0 Å². The van der Waals surface area contributed by atoms with E-state index in [1.807, 2.05) is 55.1 Å². The Morgan fingerprint density at radius 1 is 1.21 bits per heavy atom. The maximum absolute atomic E-state index is 13.4. The highest BCUT2D eigenvalue weighted by molar-refractivity contribution is 5.95. The average molecular weight is 390 g/mol. The van der Waals surface area contributed by atoms with Gasteiger partial charge in [0.15, 0.2) is 0 Å². The number of amides is 1. The van der Waals surface area contributed by atoms with Crippen molar-refractivity contribution in [1.29, 1.82) is 0 Å². The number of H-pyrrole nitrogens is 1. The van der Waals surface area contributed by atoms with E-state index in [0.717, 1.165) is 35.4 Å². The lowest BCUT2D eigenvalue weighted by molar-refractivity contribution is 0.0687. The molecular formula is C23H26N4O2. The molecule has 150 valence electrons. The Hall–Kier alpha value is -2.99. The zero-order valence-electron chi connectivity index (χ0n) is 16.8. The number of benzene rings is 1. The summed E-state index contributed by atoms with van der Waals surface area (Å²) in [6.45, 7) is 4.25. The number of aromatic amines is 1. The number of hydrogen-bond donors (Lipinski definition) is 2. The van der Waals surface area contributed by atoms with Crippen LogP contribution in [0.5, 0.6) is 0 Å². The highest BCUT2D eigenvalue weighted by Gasteiger charge is 2.34. The number of hydrogen-bond acceptors (Lipinski definition) is 4. The maximum atomic E-state index is 13.4. The number of pyridine rings is 1. The van der Waals surface area contributed by atoms with Crippen LogP contribution in [0, 0.1) is 0 Å². The number of aromatic nitrogens is 3. The van der Waals surface area contributed by atoms with Crippen molar-refractivity contribution in [3.8, 4) is 0 Å². The van der Waals surface area contributed by atoms with Gasteiger partial charge in [0.1, 0.15) is 6.04 Å². The van der Waals surface area contributed by atoms with Gasteiger partial charge in [-0.15, -0.1) is 0 Å². The van der Waals surface area contributed by atoms with Crippen molar-refractivity contribution in [2.75, 3.05) is 6.54 Å². The van der Waals surface area contributed by atoms with Gasteiger partial charge >= 0.3 is 0 Å². The summed E-state index contributed by atoms with van der Waals surface area (Å²) >= 11 is 0. The fraction of sp³-hybridized carbons (Fsp3) is 0.348. The Bertz CT molecular complexity index is 974. The number of rotatable bonds is 5. The molecule has 4 rings (SSSR count). The van der Waals surface area contributed by atoms with Crippen molar-refractivity contribution in [2.45, 2.75) is 44.8 Å². The molecule has 0 bridgehead atoms. The summed E-state index contributed by atoms with van der Waals surface area (Å²) in [7, 11) is 0. The van der Waals surface area contributed by atoms with Gasteiger partial charge in [-0.3, -0.25) is 9.78 Å². The lowest BCUT2D eigenvalue weighted by Crippen LogP contribution is -2.40. The first-order chi connectivity index (χ1) is 13.9. The summed E-state index contributed by atoms with van der Waals surface area (Å²) in [4.78, 5) is 27.1. The van der Waals surface area contributed by atoms with E-state index in [4.69, 9.17) is 0 Å². The van der Waals surface area contributed by atoms with E-state index in [1.54, 1.807) is 18.7 Å². The third-order valence-electron chi connectivity index (χ3n) is 5.43. The summed E-state index contributed by atoms with van der Waals surface area (Å²) in [5.74, 6) is -0.00509. The van der Waals surface area contributed by atoms with Gasteiger partial charge in [-0.25, -0.2) is 4.98 Å². The van der Waals surface area contributed by atoms with Crippen molar-refractivity contribution in [3.63, 3.8) is 0 Å². The van der Waals surface area contributed by atoms with Crippen molar-refractivity contribution in [3.05, 3.63) is 83.2 Å². The second-order valence-electron chi connectivity index (χ2n) is 8.21. The largest absolute Gasteiger partial charge is 0.390 e. The molecule has 0 spiro atoms. The predicted octanol–water partition coefficient (Wildman–Crippen LogP) is 3.30. The van der Waals surface area contributed by atoms with Crippen LogP contribution in [0.15, 0.2) is 55.1 Å². The Balaban J connectivity index is 1.59. The molecule has 1 atom stereocenters. The first kappa shape index (κ1) is 19.3. The maximum Gasteiger partial charge on any atom is 0.254 e. The van der Waals surface area contributed by atoms with E-state index < -0.39 is 5.60 Å². The van der Waals surface area contributed by atoms with Crippen LogP contribution in [0.3, 0.4) is 0 Å². The molecule has 0 saturated carbocycles. The zero-order chi connectivity index (χ0) is 20.4. The number of nitrogens with zero attached hydrogens (tertiary/aromatic N) is 3. The summed E-state index contributed by atoms with van der Waals surface area (Å²) in [5.41, 5.74) is 4.07. The standard InChI is InChI=1S/C23H26N4O2/c1-23(2,29)11-7-16-3-5-18(6-4-16)22(28)27-14-10-19-20(26-15-25-19)21(27)17-8-12-24-13-9-17/h3-6,8-9,12-13,15,21,29H,7,10-11,14H2,1-2H3,(H,25,26)/t21-/m1/s1. The fourth-order valence-corrected chi connectivity index (χ4v) is 3.81. The molecule has 6 nitrogen and oxygen atoms in total. The summed E-state index contributed by atoms with van der Waals surface area (Å²) in [5, 5.41) is 9.92.